The number of benzene rings is 2. The lowest BCUT2D eigenvalue weighted by Crippen LogP contribution is -2.12. The van der Waals surface area contributed by atoms with Gasteiger partial charge in [-0.1, -0.05) is 41.6 Å². The topological polar surface area (TPSA) is 69.0 Å². The molecular formula is C22H23ClN4O2S. The molecule has 1 aliphatic carbocycles. The number of ether oxygens (including phenoxy) is 1. The summed E-state index contributed by atoms with van der Waals surface area (Å²) in [5.41, 5.74) is 3.64. The zero-order chi connectivity index (χ0) is 20.9. The van der Waals surface area contributed by atoms with E-state index in [1.54, 1.807) is 6.07 Å². The summed E-state index contributed by atoms with van der Waals surface area (Å²) in [5.74, 6) is 1.93. The molecule has 1 N–H and O–H groups in total. The Bertz CT molecular complexity index is 1050. The molecule has 156 valence electrons. The molecule has 30 heavy (non-hydrogen) atoms. The molecule has 0 spiro atoms. The monoisotopic (exact) mass is 442 g/mol. The molecule has 6 nitrogen and oxygen atoms in total. The number of thioether (sulfide) groups is 1. The first-order valence-electron chi connectivity index (χ1n) is 9.90. The number of nitrogens with one attached hydrogen (secondary N) is 1. The fourth-order valence-electron chi connectivity index (χ4n) is 3.41. The SMILES string of the molecule is Cn1c(COc2ccccc2Cl)nnc1SCCC(=O)Nc1ccc2c(c1)CCC2. The Kier molecular flexibility index (Phi) is 6.59. The lowest BCUT2D eigenvalue weighted by Gasteiger charge is -2.08. The first-order chi connectivity index (χ1) is 14.6. The minimum absolute atomic E-state index is 0.00453. The van der Waals surface area contributed by atoms with Crippen LogP contribution in [0.15, 0.2) is 47.6 Å². The average Bonchev–Trinajstić information content (AvgIpc) is 3.34. The van der Waals surface area contributed by atoms with Gasteiger partial charge in [-0.2, -0.15) is 0 Å². The number of halogens is 1. The maximum atomic E-state index is 12.3. The van der Waals surface area contributed by atoms with Gasteiger partial charge in [0.25, 0.3) is 0 Å². The van der Waals surface area contributed by atoms with Crippen molar-refractivity contribution in [3.8, 4) is 5.75 Å². The van der Waals surface area contributed by atoms with E-state index in [4.69, 9.17) is 16.3 Å². The maximum absolute atomic E-state index is 12.3. The van der Waals surface area contributed by atoms with Crippen molar-refractivity contribution in [2.75, 3.05) is 11.1 Å². The highest BCUT2D eigenvalue weighted by Crippen LogP contribution is 2.26. The second kappa shape index (κ2) is 9.53. The Hall–Kier alpha value is -2.51. The number of carbonyl (C=O) groups is 1. The molecule has 0 fully saturated rings. The molecule has 1 amide bonds. The number of rotatable bonds is 8. The third kappa shape index (κ3) is 4.96. The van der Waals surface area contributed by atoms with Crippen molar-refractivity contribution >= 4 is 35.0 Å². The molecule has 1 aliphatic rings. The first kappa shape index (κ1) is 20.8. The zero-order valence-corrected chi connectivity index (χ0v) is 18.3. The Balaban J connectivity index is 1.25. The third-order valence-corrected chi connectivity index (χ3v) is 6.40. The standard InChI is InChI=1S/C22H23ClN4O2S/c1-27-20(14-29-19-8-3-2-7-18(19)23)25-26-22(27)30-12-11-21(28)24-17-10-9-15-5-4-6-16(15)13-17/h2-3,7-10,13H,4-6,11-12,14H2,1H3,(H,24,28). The summed E-state index contributed by atoms with van der Waals surface area (Å²) < 4.78 is 7.60. The zero-order valence-electron chi connectivity index (χ0n) is 16.7. The molecule has 0 aliphatic heterocycles. The fraction of sp³-hybridized carbons (Fsp3) is 0.318. The van der Waals surface area contributed by atoms with Crippen molar-refractivity contribution < 1.29 is 9.53 Å². The summed E-state index contributed by atoms with van der Waals surface area (Å²) in [6.45, 7) is 0.270. The van der Waals surface area contributed by atoms with Crippen LogP contribution in [0.1, 0.15) is 29.8 Å². The van der Waals surface area contributed by atoms with Crippen LogP contribution in [0.4, 0.5) is 5.69 Å². The highest BCUT2D eigenvalue weighted by molar-refractivity contribution is 7.99. The van der Waals surface area contributed by atoms with Gasteiger partial charge in [-0.25, -0.2) is 0 Å². The highest BCUT2D eigenvalue weighted by atomic mass is 35.5. The van der Waals surface area contributed by atoms with Crippen LogP contribution >= 0.6 is 23.4 Å². The normalized spacial score (nSPS) is 12.6. The summed E-state index contributed by atoms with van der Waals surface area (Å²) in [6.07, 6.45) is 3.85. The van der Waals surface area contributed by atoms with Gasteiger partial charge >= 0.3 is 0 Å². The molecule has 3 aromatic rings. The van der Waals surface area contributed by atoms with Gasteiger partial charge < -0.3 is 14.6 Å². The fourth-order valence-corrected chi connectivity index (χ4v) is 4.47. The number of hydrogen-bond donors (Lipinski definition) is 1. The molecule has 0 atom stereocenters. The van der Waals surface area contributed by atoms with Crippen molar-refractivity contribution in [1.29, 1.82) is 0 Å². The summed E-state index contributed by atoms with van der Waals surface area (Å²) in [6, 6.07) is 13.5. The van der Waals surface area contributed by atoms with Crippen molar-refractivity contribution in [2.24, 2.45) is 7.05 Å². The Morgan fingerprint density at radius 1 is 1.20 bits per heavy atom. The van der Waals surface area contributed by atoms with Gasteiger partial charge in [-0.15, -0.1) is 10.2 Å². The van der Waals surface area contributed by atoms with E-state index in [2.05, 4.69) is 27.6 Å². The lowest BCUT2D eigenvalue weighted by molar-refractivity contribution is -0.115. The summed E-state index contributed by atoms with van der Waals surface area (Å²) in [4.78, 5) is 12.3. The molecule has 1 aromatic heterocycles. The summed E-state index contributed by atoms with van der Waals surface area (Å²) >= 11 is 7.61. The second-order valence-electron chi connectivity index (χ2n) is 7.16. The van der Waals surface area contributed by atoms with E-state index in [9.17, 15) is 4.79 Å². The molecule has 0 radical (unpaired) electrons. The molecule has 0 bridgehead atoms. The second-order valence-corrected chi connectivity index (χ2v) is 8.63. The van der Waals surface area contributed by atoms with E-state index in [0.29, 0.717) is 28.8 Å². The minimum atomic E-state index is 0.00453. The van der Waals surface area contributed by atoms with Crippen molar-refractivity contribution in [2.45, 2.75) is 37.4 Å². The molecule has 1 heterocycles. The van der Waals surface area contributed by atoms with Gasteiger partial charge in [0.1, 0.15) is 12.4 Å². The largest absolute Gasteiger partial charge is 0.484 e. The van der Waals surface area contributed by atoms with E-state index >= 15 is 0 Å². The number of anilines is 1. The van der Waals surface area contributed by atoms with Gasteiger partial charge in [0.05, 0.1) is 5.02 Å². The van der Waals surface area contributed by atoms with Crippen LogP contribution in [-0.2, 0) is 31.3 Å². The van der Waals surface area contributed by atoms with Crippen molar-refractivity contribution in [3.63, 3.8) is 0 Å². The Labute approximate surface area is 185 Å². The van der Waals surface area contributed by atoms with Gasteiger partial charge in [-0.05, 0) is 54.7 Å². The predicted octanol–water partition coefficient (Wildman–Crippen LogP) is 4.66. The van der Waals surface area contributed by atoms with Crippen molar-refractivity contribution in [3.05, 3.63) is 64.4 Å². The quantitative estimate of drug-likeness (QED) is 0.514. The number of aryl methyl sites for hydroxylation is 2. The molecule has 0 saturated heterocycles. The number of nitrogens with zero attached hydrogens (tertiary/aromatic N) is 3. The van der Waals surface area contributed by atoms with E-state index in [1.165, 1.54) is 29.3 Å². The van der Waals surface area contributed by atoms with Crippen molar-refractivity contribution in [1.82, 2.24) is 14.8 Å². The molecular weight excluding hydrogens is 420 g/mol. The predicted molar refractivity (Wildman–Crippen MR) is 119 cm³/mol. The van der Waals surface area contributed by atoms with Crippen LogP contribution in [-0.4, -0.2) is 26.4 Å². The highest BCUT2D eigenvalue weighted by Gasteiger charge is 2.13. The van der Waals surface area contributed by atoms with E-state index in [-0.39, 0.29) is 12.5 Å². The van der Waals surface area contributed by atoms with Crippen LogP contribution in [0, 0.1) is 0 Å². The van der Waals surface area contributed by atoms with Crippen LogP contribution < -0.4 is 10.1 Å². The molecule has 2 aromatic carbocycles. The van der Waals surface area contributed by atoms with Crippen LogP contribution in [0.3, 0.4) is 0 Å². The van der Waals surface area contributed by atoms with Gasteiger partial charge in [0.2, 0.25) is 5.91 Å². The number of aromatic nitrogens is 3. The number of carbonyl (C=O) groups excluding carboxylic acids is 1. The third-order valence-electron chi connectivity index (χ3n) is 5.06. The number of hydrogen-bond acceptors (Lipinski definition) is 5. The molecule has 0 unspecified atom stereocenters. The number of fused-ring (bicyclic) bond motifs is 1. The average molecular weight is 443 g/mol. The molecule has 0 saturated carbocycles. The summed E-state index contributed by atoms with van der Waals surface area (Å²) in [7, 11) is 1.89. The first-order valence-corrected chi connectivity index (χ1v) is 11.3. The molecule has 8 heteroatoms. The van der Waals surface area contributed by atoms with Gasteiger partial charge in [0.15, 0.2) is 11.0 Å². The van der Waals surface area contributed by atoms with Crippen LogP contribution in [0.5, 0.6) is 5.75 Å². The maximum Gasteiger partial charge on any atom is 0.225 e. The number of para-hydroxylation sites is 1. The van der Waals surface area contributed by atoms with Gasteiger partial charge in [0, 0.05) is 24.9 Å². The van der Waals surface area contributed by atoms with Crippen LogP contribution in [0.25, 0.3) is 0 Å². The number of amides is 1. The molecule has 4 rings (SSSR count). The van der Waals surface area contributed by atoms with Gasteiger partial charge in [-0.3, -0.25) is 4.79 Å². The Morgan fingerprint density at radius 3 is 2.90 bits per heavy atom. The summed E-state index contributed by atoms with van der Waals surface area (Å²) in [5, 5.41) is 12.7. The van der Waals surface area contributed by atoms with E-state index in [1.807, 2.05) is 35.9 Å². The van der Waals surface area contributed by atoms with Crippen LogP contribution in [0.2, 0.25) is 5.02 Å². The van der Waals surface area contributed by atoms with E-state index < -0.39 is 0 Å². The smallest absolute Gasteiger partial charge is 0.225 e. The Morgan fingerprint density at radius 2 is 2.03 bits per heavy atom. The lowest BCUT2D eigenvalue weighted by atomic mass is 10.1. The minimum Gasteiger partial charge on any atom is -0.484 e. The van der Waals surface area contributed by atoms with E-state index in [0.717, 1.165) is 23.7 Å².